The molecule has 1 heterocycles. The lowest BCUT2D eigenvalue weighted by Crippen LogP contribution is -2.38. The molecule has 0 bridgehead atoms. The average Bonchev–Trinajstić information content (AvgIpc) is 2.87. The Bertz CT molecular complexity index is 1250. The van der Waals surface area contributed by atoms with Crippen LogP contribution < -0.4 is 14.8 Å². The first-order valence-corrected chi connectivity index (χ1v) is 11.6. The molecule has 3 aromatic carbocycles. The minimum Gasteiger partial charge on any atom is -0.497 e. The van der Waals surface area contributed by atoms with Gasteiger partial charge in [0.2, 0.25) is 5.91 Å². The molecule has 0 saturated heterocycles. The van der Waals surface area contributed by atoms with Crippen molar-refractivity contribution in [3.63, 3.8) is 0 Å². The summed E-state index contributed by atoms with van der Waals surface area (Å²) in [5, 5.41) is 3.00. The van der Waals surface area contributed by atoms with E-state index in [1.807, 2.05) is 78.9 Å². The van der Waals surface area contributed by atoms with Crippen LogP contribution in [-0.2, 0) is 16.2 Å². The summed E-state index contributed by atoms with van der Waals surface area (Å²) in [6.07, 6.45) is 1.31. The first kappa shape index (κ1) is 22.0. The summed E-state index contributed by atoms with van der Waals surface area (Å²) in [5.74, 6) is 1.28. The van der Waals surface area contributed by atoms with E-state index in [1.165, 1.54) is 0 Å². The summed E-state index contributed by atoms with van der Waals surface area (Å²) in [6.45, 7) is 0.463. The highest BCUT2D eigenvalue weighted by Crippen LogP contribution is 2.43. The van der Waals surface area contributed by atoms with Gasteiger partial charge in [-0.25, -0.2) is 0 Å². The molecule has 3 aromatic rings. The second-order valence-electron chi connectivity index (χ2n) is 8.85. The molecular formula is C29H27NO4. The van der Waals surface area contributed by atoms with Gasteiger partial charge in [0.05, 0.1) is 7.11 Å². The molecule has 34 heavy (non-hydrogen) atoms. The van der Waals surface area contributed by atoms with E-state index in [-0.39, 0.29) is 29.9 Å². The molecule has 172 valence electrons. The van der Waals surface area contributed by atoms with E-state index in [1.54, 1.807) is 7.11 Å². The average molecular weight is 454 g/mol. The molecule has 2 aliphatic rings. The third kappa shape index (κ3) is 4.60. The first-order valence-electron chi connectivity index (χ1n) is 11.6. The Morgan fingerprint density at radius 1 is 0.824 bits per heavy atom. The fourth-order valence-corrected chi connectivity index (χ4v) is 4.94. The van der Waals surface area contributed by atoms with Crippen molar-refractivity contribution in [3.8, 4) is 11.5 Å². The fourth-order valence-electron chi connectivity index (χ4n) is 4.94. The standard InChI is InChI=1S/C29H27NO4/c1-33-23-11-5-9-20(13-23)22-15-26-29(27(31)16-22)25(17-28(32)30-26)21-10-6-12-24(14-21)34-18-19-7-3-2-4-8-19/h2-14,22,25H,15-18H2,1H3,(H,30,32). The van der Waals surface area contributed by atoms with Gasteiger partial charge in [-0.2, -0.15) is 0 Å². The van der Waals surface area contributed by atoms with Crippen LogP contribution in [0.2, 0.25) is 0 Å². The summed E-state index contributed by atoms with van der Waals surface area (Å²) in [7, 11) is 1.63. The second-order valence-corrected chi connectivity index (χ2v) is 8.85. The SMILES string of the molecule is COc1cccc(C2CC(=O)C3=C(C2)NC(=O)CC3c2cccc(OCc3ccccc3)c2)c1. The highest BCUT2D eigenvalue weighted by molar-refractivity contribution is 6.02. The van der Waals surface area contributed by atoms with Gasteiger partial charge < -0.3 is 14.8 Å². The highest BCUT2D eigenvalue weighted by atomic mass is 16.5. The quantitative estimate of drug-likeness (QED) is 0.552. The summed E-state index contributed by atoms with van der Waals surface area (Å²) >= 11 is 0. The Hall–Kier alpha value is -3.86. The predicted molar refractivity (Wildman–Crippen MR) is 130 cm³/mol. The van der Waals surface area contributed by atoms with Gasteiger partial charge in [-0.1, -0.05) is 54.6 Å². The van der Waals surface area contributed by atoms with E-state index in [9.17, 15) is 9.59 Å². The first-order chi connectivity index (χ1) is 16.6. The van der Waals surface area contributed by atoms with Crippen molar-refractivity contribution in [1.82, 2.24) is 5.32 Å². The van der Waals surface area contributed by atoms with E-state index >= 15 is 0 Å². The maximum atomic E-state index is 13.4. The predicted octanol–water partition coefficient (Wildman–Crippen LogP) is 5.28. The number of allylic oxidation sites excluding steroid dienone is 2. The van der Waals surface area contributed by atoms with E-state index in [0.29, 0.717) is 19.4 Å². The van der Waals surface area contributed by atoms with Crippen LogP contribution in [0.3, 0.4) is 0 Å². The molecule has 0 radical (unpaired) electrons. The summed E-state index contributed by atoms with van der Waals surface area (Å²) in [4.78, 5) is 26.0. The molecule has 2 unspecified atom stereocenters. The zero-order valence-corrected chi connectivity index (χ0v) is 19.1. The van der Waals surface area contributed by atoms with Crippen LogP contribution in [0.25, 0.3) is 0 Å². The van der Waals surface area contributed by atoms with Crippen molar-refractivity contribution in [2.75, 3.05) is 7.11 Å². The number of Topliss-reactive ketones (excluding diaryl/α,β-unsaturated/α-hetero) is 1. The van der Waals surface area contributed by atoms with Crippen LogP contribution in [0.1, 0.15) is 47.8 Å². The van der Waals surface area contributed by atoms with Gasteiger partial charge in [-0.3, -0.25) is 9.59 Å². The second kappa shape index (κ2) is 9.56. The lowest BCUT2D eigenvalue weighted by atomic mass is 9.73. The molecule has 1 amide bonds. The van der Waals surface area contributed by atoms with Crippen molar-refractivity contribution in [2.45, 2.75) is 37.7 Å². The molecule has 5 rings (SSSR count). The number of ketones is 1. The summed E-state index contributed by atoms with van der Waals surface area (Å²) in [5.41, 5.74) is 4.55. The topological polar surface area (TPSA) is 64.6 Å². The molecule has 0 spiro atoms. The summed E-state index contributed by atoms with van der Waals surface area (Å²) in [6, 6.07) is 25.6. The normalized spacial score (nSPS) is 19.9. The third-order valence-corrected chi connectivity index (χ3v) is 6.61. The van der Waals surface area contributed by atoms with Crippen LogP contribution in [0, 0.1) is 0 Å². The molecule has 0 saturated carbocycles. The molecule has 0 aromatic heterocycles. The number of carbonyl (C=O) groups excluding carboxylic acids is 2. The zero-order chi connectivity index (χ0) is 23.5. The number of nitrogens with one attached hydrogen (secondary N) is 1. The maximum Gasteiger partial charge on any atom is 0.225 e. The lowest BCUT2D eigenvalue weighted by molar-refractivity contribution is -0.122. The molecule has 1 N–H and O–H groups in total. The van der Waals surface area contributed by atoms with Gasteiger partial charge in [0.25, 0.3) is 0 Å². The van der Waals surface area contributed by atoms with E-state index in [2.05, 4.69) is 5.32 Å². The smallest absolute Gasteiger partial charge is 0.225 e. The van der Waals surface area contributed by atoms with E-state index in [4.69, 9.17) is 9.47 Å². The Kier molecular flexibility index (Phi) is 6.17. The minimum atomic E-state index is -0.261. The van der Waals surface area contributed by atoms with E-state index < -0.39 is 0 Å². The van der Waals surface area contributed by atoms with Crippen LogP contribution in [0.5, 0.6) is 11.5 Å². The number of carbonyl (C=O) groups is 2. The lowest BCUT2D eigenvalue weighted by Gasteiger charge is -2.34. The molecule has 2 atom stereocenters. The number of hydrogen-bond donors (Lipinski definition) is 1. The van der Waals surface area contributed by atoms with Gasteiger partial charge in [0.1, 0.15) is 18.1 Å². The molecular weight excluding hydrogens is 426 g/mol. The molecule has 1 aliphatic carbocycles. The molecule has 0 fully saturated rings. The largest absolute Gasteiger partial charge is 0.497 e. The van der Waals surface area contributed by atoms with Crippen molar-refractivity contribution in [2.24, 2.45) is 0 Å². The number of benzene rings is 3. The van der Waals surface area contributed by atoms with Crippen LogP contribution in [-0.4, -0.2) is 18.8 Å². The molecule has 1 aliphatic heterocycles. The maximum absolute atomic E-state index is 13.4. The minimum absolute atomic E-state index is 0.0148. The fraction of sp³-hybridized carbons (Fsp3) is 0.241. The Balaban J connectivity index is 1.40. The van der Waals surface area contributed by atoms with Crippen molar-refractivity contribution >= 4 is 11.7 Å². The van der Waals surface area contributed by atoms with Gasteiger partial charge in [0.15, 0.2) is 5.78 Å². The Morgan fingerprint density at radius 2 is 1.56 bits per heavy atom. The van der Waals surface area contributed by atoms with Gasteiger partial charge in [-0.15, -0.1) is 0 Å². The number of amides is 1. The monoisotopic (exact) mass is 453 g/mol. The van der Waals surface area contributed by atoms with E-state index in [0.717, 1.165) is 39.5 Å². The van der Waals surface area contributed by atoms with Crippen molar-refractivity contribution in [3.05, 3.63) is 107 Å². The zero-order valence-electron chi connectivity index (χ0n) is 19.1. The van der Waals surface area contributed by atoms with Gasteiger partial charge in [-0.05, 0) is 53.3 Å². The van der Waals surface area contributed by atoms with Crippen LogP contribution in [0.4, 0.5) is 0 Å². The Labute approximate surface area is 199 Å². The van der Waals surface area contributed by atoms with Crippen LogP contribution in [0.15, 0.2) is 90.1 Å². The Morgan fingerprint density at radius 3 is 2.35 bits per heavy atom. The van der Waals surface area contributed by atoms with Gasteiger partial charge >= 0.3 is 0 Å². The summed E-state index contributed by atoms with van der Waals surface area (Å²) < 4.78 is 11.3. The van der Waals surface area contributed by atoms with Crippen molar-refractivity contribution in [1.29, 1.82) is 0 Å². The molecule has 5 heteroatoms. The number of rotatable bonds is 6. The van der Waals surface area contributed by atoms with Gasteiger partial charge in [0, 0.05) is 30.0 Å². The highest BCUT2D eigenvalue weighted by Gasteiger charge is 2.38. The van der Waals surface area contributed by atoms with Crippen molar-refractivity contribution < 1.29 is 19.1 Å². The number of methoxy groups -OCH3 is 1. The number of hydrogen-bond acceptors (Lipinski definition) is 4. The van der Waals surface area contributed by atoms with Crippen LogP contribution >= 0.6 is 0 Å². The molecule has 5 nitrogen and oxygen atoms in total. The number of ether oxygens (including phenoxy) is 2. The third-order valence-electron chi connectivity index (χ3n) is 6.61.